The van der Waals surface area contributed by atoms with Crippen LogP contribution in [-0.2, 0) is 100 Å². The average molecular weight is 1660 g/mol. The van der Waals surface area contributed by atoms with Crippen molar-refractivity contribution in [3.8, 4) is 0 Å². The fraction of sp³-hybridized carbons (Fsp3) is 0.244. The molecule has 113 heavy (non-hydrogen) atoms. The Hall–Kier alpha value is -10.2. The molecule has 0 fully saturated rings. The number of aromatic amines is 3. The average Bonchev–Trinajstić information content (AvgIpc) is 0.906. The fourth-order valence-corrected chi connectivity index (χ4v) is 20.6. The number of nitrogens with zero attached hydrogens (tertiary/aromatic N) is 1. The molecule has 0 saturated heterocycles. The Morgan fingerprint density at radius 1 is 0.442 bits per heavy atom. The second-order valence-corrected chi connectivity index (χ2v) is 35.8. The third kappa shape index (κ3) is 15.2. The number of aromatic nitrogens is 4. The highest BCUT2D eigenvalue weighted by atomic mass is 32.2. The van der Waals surface area contributed by atoms with Gasteiger partial charge in [-0.2, -0.15) is 17.6 Å². The van der Waals surface area contributed by atoms with Gasteiger partial charge in [-0.3, -0.25) is 4.79 Å². The molecule has 16 rings (SSSR count). The highest BCUT2D eigenvalue weighted by molar-refractivity contribution is 7.94. The number of hydrogen-bond acceptors (Lipinski definition) is 10. The first-order chi connectivity index (χ1) is 52.6. The van der Waals surface area contributed by atoms with Crippen molar-refractivity contribution < 1.29 is 119 Å². The number of benzene rings is 8. The smallest absolute Gasteiger partial charge is 0.323 e. The number of allylic oxidation sites excluding steroid dienone is 1. The van der Waals surface area contributed by atoms with Gasteiger partial charge in [-0.15, -0.1) is 0 Å². The van der Waals surface area contributed by atoms with E-state index in [9.17, 15) is 119 Å². The SMILES string of the molecule is Cc1[nH]c2ccc(F)cc2c1Cc1cc2c(cc1F)S(=O)(=O)C=CC2(F)F.Cc1[nH]c2ccc(F)cc2c1Cc1cc2c(cc1F)S(=O)(=O)CC(O)C2(F)F.Cc1[nH]c2ccc(F)cc2c1Cc1cc2c(cc1F)S(=O)(=O)CCC2(F)F.Cc1c(Cc2cc3c(cc2F)S(=O)(=O)CCC3(F)F)c2cc(F)ccc2n1CC(=O)O. The van der Waals surface area contributed by atoms with Crippen LogP contribution in [0.15, 0.2) is 152 Å². The van der Waals surface area contributed by atoms with Crippen LogP contribution >= 0.6 is 0 Å². The van der Waals surface area contributed by atoms with Gasteiger partial charge in [0.15, 0.2) is 39.3 Å². The highest BCUT2D eigenvalue weighted by Crippen LogP contribution is 2.48. The van der Waals surface area contributed by atoms with Crippen LogP contribution in [0.3, 0.4) is 0 Å². The van der Waals surface area contributed by atoms with Crippen molar-refractivity contribution in [2.24, 2.45) is 0 Å². The second-order valence-electron chi connectivity index (χ2n) is 27.9. The molecule has 0 radical (unpaired) electrons. The zero-order valence-electron chi connectivity index (χ0n) is 59.0. The highest BCUT2D eigenvalue weighted by Gasteiger charge is 2.52. The van der Waals surface area contributed by atoms with E-state index in [0.29, 0.717) is 124 Å². The van der Waals surface area contributed by atoms with Gasteiger partial charge >= 0.3 is 11.9 Å². The Balaban J connectivity index is 0.000000132. The van der Waals surface area contributed by atoms with Crippen LogP contribution in [0.4, 0.5) is 70.2 Å². The van der Waals surface area contributed by atoms with Gasteiger partial charge in [0.25, 0.3) is 17.8 Å². The van der Waals surface area contributed by atoms with Crippen molar-refractivity contribution >= 4 is 88.9 Å². The number of carboxylic acids is 1. The molecule has 15 nitrogen and oxygen atoms in total. The van der Waals surface area contributed by atoms with E-state index in [-0.39, 0.29) is 47.9 Å². The predicted molar refractivity (Wildman–Crippen MR) is 383 cm³/mol. The van der Waals surface area contributed by atoms with Crippen molar-refractivity contribution in [1.82, 2.24) is 19.5 Å². The summed E-state index contributed by atoms with van der Waals surface area (Å²) in [7, 11) is -16.3. The van der Waals surface area contributed by atoms with Crippen LogP contribution in [0.1, 0.15) is 102 Å². The molecule has 0 aliphatic carbocycles. The molecule has 0 spiro atoms. The third-order valence-corrected chi connectivity index (χ3v) is 27.2. The van der Waals surface area contributed by atoms with Crippen molar-refractivity contribution in [2.45, 2.75) is 122 Å². The molecule has 8 aromatic carbocycles. The fourth-order valence-electron chi connectivity index (χ4n) is 14.6. The zero-order valence-corrected chi connectivity index (χ0v) is 62.3. The lowest BCUT2D eigenvalue weighted by Gasteiger charge is -2.30. The van der Waals surface area contributed by atoms with Crippen LogP contribution in [0.25, 0.3) is 43.6 Å². The Morgan fingerprint density at radius 2 is 0.788 bits per heavy atom. The molecule has 0 amide bonds. The molecular weight excluding hydrogens is 1600 g/mol. The predicted octanol–water partition coefficient (Wildman–Crippen LogP) is 17.1. The van der Waals surface area contributed by atoms with E-state index in [1.165, 1.54) is 65.2 Å². The number of carbonyl (C=O) groups is 1. The summed E-state index contributed by atoms with van der Waals surface area (Å²) < 4.78 is 326. The number of aliphatic hydroxyl groups is 1. The van der Waals surface area contributed by atoms with E-state index in [0.717, 1.165) is 30.3 Å². The summed E-state index contributed by atoms with van der Waals surface area (Å²) in [6, 6.07) is 21.9. The number of carboxylic acid groups (broad SMARTS) is 1. The monoisotopic (exact) mass is 1660 g/mol. The molecule has 1 unspecified atom stereocenters. The van der Waals surface area contributed by atoms with Gasteiger partial charge in [0.2, 0.25) is 0 Å². The van der Waals surface area contributed by atoms with E-state index in [1.807, 2.05) is 0 Å². The molecule has 594 valence electrons. The summed E-state index contributed by atoms with van der Waals surface area (Å²) in [6.07, 6.45) is -4.39. The van der Waals surface area contributed by atoms with E-state index >= 15 is 0 Å². The molecule has 5 N–H and O–H groups in total. The zero-order chi connectivity index (χ0) is 82.3. The maximum atomic E-state index is 14.8. The summed E-state index contributed by atoms with van der Waals surface area (Å²) in [4.78, 5) is 17.4. The van der Waals surface area contributed by atoms with E-state index < -0.39 is 200 Å². The van der Waals surface area contributed by atoms with Crippen molar-refractivity contribution in [1.29, 1.82) is 0 Å². The van der Waals surface area contributed by atoms with E-state index in [2.05, 4.69) is 15.0 Å². The minimum Gasteiger partial charge on any atom is -0.480 e. The van der Waals surface area contributed by atoms with Gasteiger partial charge < -0.3 is 29.7 Å². The Morgan fingerprint density at radius 3 is 1.19 bits per heavy atom. The van der Waals surface area contributed by atoms with Gasteiger partial charge in [-0.1, -0.05) is 0 Å². The molecule has 35 heteroatoms. The summed E-state index contributed by atoms with van der Waals surface area (Å²) in [6.45, 7) is 6.28. The van der Waals surface area contributed by atoms with Crippen LogP contribution in [0.5, 0.6) is 0 Å². The molecule has 12 aromatic rings. The number of aliphatic carboxylic acids is 1. The summed E-state index contributed by atoms with van der Waals surface area (Å²) in [5.41, 5.74) is 3.03. The first-order valence-corrected chi connectivity index (χ1v) is 40.5. The standard InChI is InChI=1S/C21H17F4NO4S.C19H15F4NO3S.C19H15F4NO2S.C19H13F4NO2S/c1-11-14(15-8-13(22)2-3-18(15)26(11)10-20(27)28)6-12-7-16-19(9-17(12)23)31(29,30)5-4-21(16,24)25;1-9-12(13-6-11(20)2-3-16(13)24-9)4-10-5-14-17(7-15(10)21)28(26,27)8-18(25)19(14,22)23;2*1-10-13(14-8-12(20)2-3-17(14)24-10)6-11-7-15-18(9-16(11)21)27(25,26)5-4-19(15,22)23/h2-3,7-9H,4-6,10H2,1H3,(H,27,28);2-3,5-7,18,24-25H,4,8H2,1H3;2-3,7-9,24H,4-6H2,1H3;2-5,7-9,24H,6H2,1H3. The topological polar surface area (TPSA) is 246 Å². The molecular formula is C78H60F16N4O11S4. The van der Waals surface area contributed by atoms with Gasteiger partial charge in [0, 0.05) is 139 Å². The molecule has 0 bridgehead atoms. The second kappa shape index (κ2) is 28.7. The molecule has 0 saturated carbocycles. The number of halogens is 16. The molecule has 4 aliphatic rings. The first kappa shape index (κ1) is 80.8. The van der Waals surface area contributed by atoms with Crippen LogP contribution < -0.4 is 0 Å². The van der Waals surface area contributed by atoms with E-state index in [1.54, 1.807) is 33.8 Å². The largest absolute Gasteiger partial charge is 0.480 e. The summed E-state index contributed by atoms with van der Waals surface area (Å²) in [5.74, 6) is -23.7. The summed E-state index contributed by atoms with van der Waals surface area (Å²) in [5, 5.41) is 21.0. The van der Waals surface area contributed by atoms with Gasteiger partial charge in [0.05, 0.1) is 36.8 Å². The number of H-pyrrole nitrogens is 3. The molecule has 1 atom stereocenters. The molecule has 4 aliphatic heterocycles. The summed E-state index contributed by atoms with van der Waals surface area (Å²) >= 11 is 0. The van der Waals surface area contributed by atoms with Crippen LogP contribution in [-0.4, -0.2) is 92.7 Å². The van der Waals surface area contributed by atoms with Crippen LogP contribution in [0, 0.1) is 74.2 Å². The Kier molecular flexibility index (Phi) is 20.5. The number of fused-ring (bicyclic) bond motifs is 8. The van der Waals surface area contributed by atoms with Gasteiger partial charge in [0.1, 0.15) is 59.2 Å². The number of nitrogens with one attached hydrogen (secondary N) is 3. The van der Waals surface area contributed by atoms with Crippen molar-refractivity contribution in [3.05, 3.63) is 269 Å². The first-order valence-electron chi connectivity index (χ1n) is 34.0. The Labute approximate surface area is 632 Å². The number of aliphatic hydroxyl groups excluding tert-OH is 1. The lowest BCUT2D eigenvalue weighted by atomic mass is 9.96. The van der Waals surface area contributed by atoms with Gasteiger partial charge in [-0.25, -0.2) is 86.4 Å². The number of sulfone groups is 4. The van der Waals surface area contributed by atoms with Gasteiger partial charge in [-0.05, 0) is 194 Å². The minimum absolute atomic E-state index is 0.0567. The number of hydrogen-bond donors (Lipinski definition) is 5. The number of alkyl halides is 8. The number of rotatable bonds is 10. The normalized spacial score (nSPS) is 18.0. The van der Waals surface area contributed by atoms with Crippen molar-refractivity contribution in [3.63, 3.8) is 0 Å². The van der Waals surface area contributed by atoms with E-state index in [4.69, 9.17) is 0 Å². The lowest BCUT2D eigenvalue weighted by molar-refractivity contribution is -0.137. The molecule has 8 heterocycles. The maximum Gasteiger partial charge on any atom is 0.323 e. The van der Waals surface area contributed by atoms with Crippen molar-refractivity contribution in [2.75, 3.05) is 17.3 Å². The molecule has 4 aromatic heterocycles. The Bertz CT molecular complexity index is 6530. The van der Waals surface area contributed by atoms with Crippen LogP contribution in [0.2, 0.25) is 0 Å². The maximum absolute atomic E-state index is 14.8. The minimum atomic E-state index is -4.24. The number of aryl methyl sites for hydroxylation is 3. The quantitative estimate of drug-likeness (QED) is 0.0806. The third-order valence-electron chi connectivity index (χ3n) is 20.5. The lowest BCUT2D eigenvalue weighted by Crippen LogP contribution is -2.42.